The van der Waals surface area contributed by atoms with Gasteiger partial charge < -0.3 is 4.55 Å². The minimum absolute atomic E-state index is 0.178. The average molecular weight is 291 g/mol. The van der Waals surface area contributed by atoms with Gasteiger partial charge in [-0.3, -0.25) is 0 Å². The lowest BCUT2D eigenvalue weighted by atomic mass is 10.2. The maximum Gasteiger partial charge on any atom is 0.169 e. The molecule has 0 saturated carbocycles. The molecule has 0 N–H and O–H groups in total. The fourth-order valence-corrected chi connectivity index (χ4v) is 1.88. The van der Waals surface area contributed by atoms with Crippen LogP contribution in [0.4, 0.5) is 0 Å². The van der Waals surface area contributed by atoms with E-state index >= 15 is 0 Å². The first-order valence-corrected chi connectivity index (χ1v) is 7.42. The van der Waals surface area contributed by atoms with E-state index in [-0.39, 0.29) is 4.90 Å². The molecule has 20 heavy (non-hydrogen) atoms. The van der Waals surface area contributed by atoms with E-state index in [0.29, 0.717) is 0 Å². The zero-order chi connectivity index (χ0) is 15.0. The van der Waals surface area contributed by atoms with Crippen molar-refractivity contribution >= 4 is 10.1 Å². The third kappa shape index (κ3) is 5.77. The topological polar surface area (TPSA) is 61.1 Å². The Labute approximate surface area is 119 Å². The molecule has 0 radical (unpaired) electrons. The molecule has 0 unspecified atom stereocenters. The lowest BCUT2D eigenvalue weighted by molar-refractivity contribution is -0.687. The van der Waals surface area contributed by atoms with Gasteiger partial charge in [-0.05, 0) is 25.1 Å². The molecule has 1 heterocycles. The highest BCUT2D eigenvalue weighted by Gasteiger charge is 1.97. The van der Waals surface area contributed by atoms with Crippen molar-refractivity contribution in [3.8, 4) is 0 Å². The summed E-state index contributed by atoms with van der Waals surface area (Å²) >= 11 is 0. The molecule has 0 fully saturated rings. The van der Waals surface area contributed by atoms with Gasteiger partial charge in [0, 0.05) is 12.1 Å². The second-order valence-electron chi connectivity index (χ2n) is 4.13. The van der Waals surface area contributed by atoms with Crippen LogP contribution in [0.1, 0.15) is 5.56 Å². The number of hydrogen-bond donors (Lipinski definition) is 0. The zero-order valence-corrected chi connectivity index (χ0v) is 12.1. The van der Waals surface area contributed by atoms with E-state index in [1.807, 2.05) is 43.6 Å². The van der Waals surface area contributed by atoms with Crippen molar-refractivity contribution in [2.45, 2.75) is 18.4 Å². The monoisotopic (exact) mass is 291 g/mol. The largest absolute Gasteiger partial charge is 0.744 e. The second-order valence-corrected chi connectivity index (χ2v) is 5.51. The maximum absolute atomic E-state index is 10.4. The number of allylic oxidation sites excluding steroid dienone is 1. The van der Waals surface area contributed by atoms with Crippen molar-refractivity contribution in [3.63, 3.8) is 0 Å². The SMILES string of the molecule is C=CC[n+]1ccccc1.Cc1ccc(S(=O)(=O)[O-])cc1. The van der Waals surface area contributed by atoms with Gasteiger partial charge in [-0.2, -0.15) is 0 Å². The molecule has 2 aromatic rings. The molecule has 0 amide bonds. The van der Waals surface area contributed by atoms with Crippen molar-refractivity contribution in [1.29, 1.82) is 0 Å². The zero-order valence-electron chi connectivity index (χ0n) is 11.3. The summed E-state index contributed by atoms with van der Waals surface area (Å²) < 4.78 is 33.2. The molecule has 1 aromatic heterocycles. The predicted octanol–water partition coefficient (Wildman–Crippen LogP) is 2.06. The van der Waals surface area contributed by atoms with Crippen molar-refractivity contribution in [3.05, 3.63) is 73.1 Å². The van der Waals surface area contributed by atoms with Crippen LogP contribution in [0, 0.1) is 6.92 Å². The number of hydrogen-bond acceptors (Lipinski definition) is 3. The average Bonchev–Trinajstić information content (AvgIpc) is 2.40. The molecule has 1 aromatic carbocycles. The van der Waals surface area contributed by atoms with Crippen LogP contribution < -0.4 is 4.57 Å². The Bertz CT molecular complexity index is 635. The molecule has 0 spiro atoms. The standard InChI is InChI=1S/C8H10N.C7H8O3S/c1-2-6-9-7-4-3-5-8-9;1-6-2-4-7(5-3-6)11(8,9)10/h2-5,7-8H,1,6H2;2-5H,1H3,(H,8,9,10)/q+1;/p-1. The van der Waals surface area contributed by atoms with E-state index < -0.39 is 10.1 Å². The van der Waals surface area contributed by atoms with Crippen LogP contribution in [-0.4, -0.2) is 13.0 Å². The second kappa shape index (κ2) is 7.57. The van der Waals surface area contributed by atoms with E-state index in [1.54, 1.807) is 12.1 Å². The van der Waals surface area contributed by atoms with Gasteiger partial charge in [0.15, 0.2) is 18.9 Å². The first-order valence-electron chi connectivity index (χ1n) is 6.01. The van der Waals surface area contributed by atoms with Crippen LogP contribution in [0.3, 0.4) is 0 Å². The van der Waals surface area contributed by atoms with Crippen molar-refractivity contribution in [1.82, 2.24) is 0 Å². The lowest BCUT2D eigenvalue weighted by Gasteiger charge is -2.05. The molecule has 0 aliphatic heterocycles. The highest BCUT2D eigenvalue weighted by molar-refractivity contribution is 7.85. The smallest absolute Gasteiger partial charge is 0.169 e. The Kier molecular flexibility index (Phi) is 6.09. The highest BCUT2D eigenvalue weighted by atomic mass is 32.2. The van der Waals surface area contributed by atoms with E-state index in [1.165, 1.54) is 12.1 Å². The Morgan fingerprint density at radius 2 is 1.70 bits per heavy atom. The summed E-state index contributed by atoms with van der Waals surface area (Å²) in [5, 5.41) is 0. The van der Waals surface area contributed by atoms with Gasteiger partial charge in [0.2, 0.25) is 0 Å². The molecule has 106 valence electrons. The van der Waals surface area contributed by atoms with Crippen LogP contribution in [-0.2, 0) is 16.7 Å². The van der Waals surface area contributed by atoms with Crippen molar-refractivity contribution < 1.29 is 17.5 Å². The summed E-state index contributed by atoms with van der Waals surface area (Å²) in [7, 11) is -4.27. The number of aromatic nitrogens is 1. The normalized spacial score (nSPS) is 10.3. The third-order valence-electron chi connectivity index (χ3n) is 2.43. The van der Waals surface area contributed by atoms with E-state index in [9.17, 15) is 13.0 Å². The molecule has 4 nitrogen and oxygen atoms in total. The summed E-state index contributed by atoms with van der Waals surface area (Å²) in [6.07, 6.45) is 5.91. The first-order chi connectivity index (χ1) is 9.43. The number of pyridine rings is 1. The number of aryl methyl sites for hydroxylation is 1. The molecular formula is C15H17NO3S. The summed E-state index contributed by atoms with van der Waals surface area (Å²) in [6, 6.07) is 11.8. The minimum Gasteiger partial charge on any atom is -0.744 e. The highest BCUT2D eigenvalue weighted by Crippen LogP contribution is 2.08. The molecule has 0 atom stereocenters. The van der Waals surface area contributed by atoms with Crippen LogP contribution in [0.25, 0.3) is 0 Å². The molecule has 0 aliphatic carbocycles. The maximum atomic E-state index is 10.4. The minimum atomic E-state index is -4.27. The molecular weight excluding hydrogens is 274 g/mol. The van der Waals surface area contributed by atoms with Gasteiger partial charge in [0.25, 0.3) is 0 Å². The molecule has 0 aliphatic rings. The Hall–Kier alpha value is -1.98. The van der Waals surface area contributed by atoms with Crippen LogP contribution in [0.2, 0.25) is 0 Å². The van der Waals surface area contributed by atoms with Crippen molar-refractivity contribution in [2.75, 3.05) is 0 Å². The number of rotatable bonds is 3. The van der Waals surface area contributed by atoms with Gasteiger partial charge in [-0.25, -0.2) is 13.0 Å². The molecule has 0 saturated heterocycles. The lowest BCUT2D eigenvalue weighted by Crippen LogP contribution is -2.30. The Morgan fingerprint density at radius 3 is 2.15 bits per heavy atom. The van der Waals surface area contributed by atoms with Crippen LogP contribution in [0.15, 0.2) is 72.4 Å². The van der Waals surface area contributed by atoms with E-state index in [4.69, 9.17) is 0 Å². The van der Waals surface area contributed by atoms with Gasteiger partial charge >= 0.3 is 0 Å². The Balaban J connectivity index is 0.000000204. The molecule has 5 heteroatoms. The first kappa shape index (κ1) is 16.1. The van der Waals surface area contributed by atoms with Crippen molar-refractivity contribution in [2.24, 2.45) is 0 Å². The van der Waals surface area contributed by atoms with Crippen LogP contribution >= 0.6 is 0 Å². The number of benzene rings is 1. The van der Waals surface area contributed by atoms with Gasteiger partial charge in [-0.1, -0.05) is 30.3 Å². The molecule has 0 bridgehead atoms. The predicted molar refractivity (Wildman–Crippen MR) is 76.0 cm³/mol. The summed E-state index contributed by atoms with van der Waals surface area (Å²) in [5.41, 5.74) is 0.928. The van der Waals surface area contributed by atoms with Gasteiger partial charge in [0.05, 0.1) is 4.90 Å². The van der Waals surface area contributed by atoms with Crippen LogP contribution in [0.5, 0.6) is 0 Å². The number of nitrogens with zero attached hydrogens (tertiary/aromatic N) is 1. The quantitative estimate of drug-likeness (QED) is 0.494. The Morgan fingerprint density at radius 1 is 1.15 bits per heavy atom. The summed E-state index contributed by atoms with van der Waals surface area (Å²) in [6.45, 7) is 6.35. The summed E-state index contributed by atoms with van der Waals surface area (Å²) in [5.74, 6) is 0. The van der Waals surface area contributed by atoms with Gasteiger partial charge in [-0.15, -0.1) is 0 Å². The summed E-state index contributed by atoms with van der Waals surface area (Å²) in [4.78, 5) is -0.178. The fraction of sp³-hybridized carbons (Fsp3) is 0.133. The van der Waals surface area contributed by atoms with E-state index in [0.717, 1.165) is 12.1 Å². The molecule has 2 rings (SSSR count). The fourth-order valence-electron chi connectivity index (χ4n) is 1.41. The van der Waals surface area contributed by atoms with E-state index in [2.05, 4.69) is 11.1 Å². The van der Waals surface area contributed by atoms with Gasteiger partial charge in [0.1, 0.15) is 10.1 Å². The third-order valence-corrected chi connectivity index (χ3v) is 3.28.